The molecule has 0 fully saturated rings. The Morgan fingerprint density at radius 3 is 2.60 bits per heavy atom. The van der Waals surface area contributed by atoms with Crippen LogP contribution >= 0.6 is 22.6 Å². The monoisotopic (exact) mass is 335 g/mol. The molecular weight excluding hydrogens is 321 g/mol. The fourth-order valence-electron chi connectivity index (χ4n) is 0.854. The summed E-state index contributed by atoms with van der Waals surface area (Å²) in [6.45, 7) is 5.74. The first-order valence-corrected chi connectivity index (χ1v) is 6.80. The molecule has 1 aromatic rings. The second-order valence-electron chi connectivity index (χ2n) is 4.15. The second kappa shape index (κ2) is 5.32. The minimum absolute atomic E-state index is 0.293. The van der Waals surface area contributed by atoms with Crippen molar-refractivity contribution in [3.8, 4) is 0 Å². The number of rotatable bonds is 2. The minimum Gasteiger partial charge on any atom is -0.591 e. The number of hydrogen-bond acceptors (Lipinski definition) is 2. The van der Waals surface area contributed by atoms with Gasteiger partial charge < -0.3 is 4.55 Å². The molecule has 15 heavy (non-hydrogen) atoms. The van der Waals surface area contributed by atoms with Crippen molar-refractivity contribution in [3.63, 3.8) is 0 Å². The lowest BCUT2D eigenvalue weighted by Gasteiger charge is -2.17. The van der Waals surface area contributed by atoms with Crippen LogP contribution in [-0.4, -0.2) is 15.5 Å². The normalized spacial score (nSPS) is 14.5. The molecule has 0 amide bonds. The van der Waals surface area contributed by atoms with Gasteiger partial charge in [0.05, 0.1) is 6.21 Å². The van der Waals surface area contributed by atoms with E-state index in [2.05, 4.69) is 27.0 Å². The maximum absolute atomic E-state index is 11.6. The summed E-state index contributed by atoms with van der Waals surface area (Å²) in [6.07, 6.45) is 1.67. The van der Waals surface area contributed by atoms with Crippen molar-refractivity contribution in [3.05, 3.63) is 33.4 Å². The van der Waals surface area contributed by atoms with Crippen molar-refractivity contribution in [2.45, 2.75) is 25.5 Å². The van der Waals surface area contributed by atoms with Crippen LogP contribution in [0.2, 0.25) is 0 Å². The van der Waals surface area contributed by atoms with Crippen molar-refractivity contribution >= 4 is 40.2 Å². The quantitative estimate of drug-likeness (QED) is 0.464. The summed E-state index contributed by atoms with van der Waals surface area (Å²) < 4.78 is 16.5. The maximum atomic E-state index is 11.6. The van der Waals surface area contributed by atoms with Gasteiger partial charge in [-0.15, -0.1) is 0 Å². The average Bonchev–Trinajstić information content (AvgIpc) is 2.12. The molecule has 1 unspecified atom stereocenters. The van der Waals surface area contributed by atoms with Crippen LogP contribution in [0.3, 0.4) is 0 Å². The first kappa shape index (κ1) is 13.0. The number of benzene rings is 1. The minimum atomic E-state index is -1.18. The van der Waals surface area contributed by atoms with E-state index in [1.807, 2.05) is 45.0 Å². The Hall–Kier alpha value is -0.0700. The summed E-state index contributed by atoms with van der Waals surface area (Å²) in [4.78, 5) is 0. The number of hydrogen-bond donors (Lipinski definition) is 0. The Bertz CT molecular complexity index is 360. The molecule has 82 valence electrons. The molecule has 4 heteroatoms. The summed E-state index contributed by atoms with van der Waals surface area (Å²) in [7, 11) is 0. The van der Waals surface area contributed by atoms with Gasteiger partial charge in [-0.1, -0.05) is 16.5 Å². The highest BCUT2D eigenvalue weighted by molar-refractivity contribution is 14.1. The lowest BCUT2D eigenvalue weighted by Crippen LogP contribution is -2.25. The highest BCUT2D eigenvalue weighted by Gasteiger charge is 2.25. The predicted molar refractivity (Wildman–Crippen MR) is 74.6 cm³/mol. The molecule has 0 aliphatic carbocycles. The lowest BCUT2D eigenvalue weighted by molar-refractivity contribution is 0.562. The highest BCUT2D eigenvalue weighted by Crippen LogP contribution is 2.17. The zero-order valence-corrected chi connectivity index (χ0v) is 12.0. The summed E-state index contributed by atoms with van der Waals surface area (Å²) in [6, 6.07) is 7.93. The fourth-order valence-corrected chi connectivity index (χ4v) is 1.95. The van der Waals surface area contributed by atoms with E-state index in [1.54, 1.807) is 6.21 Å². The topological polar surface area (TPSA) is 35.4 Å². The molecule has 1 atom stereocenters. The first-order chi connectivity index (χ1) is 6.89. The van der Waals surface area contributed by atoms with Crippen molar-refractivity contribution in [1.82, 2.24) is 0 Å². The molecule has 0 saturated heterocycles. The van der Waals surface area contributed by atoms with E-state index in [9.17, 15) is 4.55 Å². The molecule has 0 heterocycles. The summed E-state index contributed by atoms with van der Waals surface area (Å²) in [5, 5.41) is 0. The Labute approximate surface area is 108 Å². The predicted octanol–water partition coefficient (Wildman–Crippen LogP) is 3.17. The van der Waals surface area contributed by atoms with E-state index in [0.29, 0.717) is 0 Å². The molecule has 0 spiro atoms. The standard InChI is InChI=1S/C11H14INOS/c1-11(2,3)15(14)13-8-9-5-4-6-10(12)7-9/h4-8H,1-3H3. The molecule has 0 aromatic heterocycles. The lowest BCUT2D eigenvalue weighted by atomic mass is 10.2. The second-order valence-corrected chi connectivity index (χ2v) is 7.33. The Morgan fingerprint density at radius 1 is 1.40 bits per heavy atom. The Morgan fingerprint density at radius 2 is 2.07 bits per heavy atom. The van der Waals surface area contributed by atoms with Crippen LogP contribution in [0.4, 0.5) is 0 Å². The number of halogens is 1. The summed E-state index contributed by atoms with van der Waals surface area (Å²) >= 11 is 1.06. The smallest absolute Gasteiger partial charge is 0.144 e. The van der Waals surface area contributed by atoms with Gasteiger partial charge in [-0.2, -0.15) is 0 Å². The maximum Gasteiger partial charge on any atom is 0.144 e. The SMILES string of the molecule is CC(C)(C)[S+]([O-])N=Cc1cccc(I)c1. The number of nitrogens with zero attached hydrogens (tertiary/aromatic N) is 1. The van der Waals surface area contributed by atoms with Crippen LogP contribution in [-0.2, 0) is 11.4 Å². The molecule has 1 rings (SSSR count). The van der Waals surface area contributed by atoms with Crippen molar-refractivity contribution < 1.29 is 4.55 Å². The van der Waals surface area contributed by atoms with E-state index < -0.39 is 11.4 Å². The molecule has 0 bridgehead atoms. The van der Waals surface area contributed by atoms with Gasteiger partial charge >= 0.3 is 0 Å². The molecular formula is C11H14INOS. The van der Waals surface area contributed by atoms with E-state index >= 15 is 0 Å². The van der Waals surface area contributed by atoms with Crippen molar-refractivity contribution in [1.29, 1.82) is 0 Å². The molecule has 0 N–H and O–H groups in total. The van der Waals surface area contributed by atoms with Crippen LogP contribution in [0, 0.1) is 3.57 Å². The molecule has 0 saturated carbocycles. The summed E-state index contributed by atoms with van der Waals surface area (Å²) in [5.74, 6) is 0. The zero-order chi connectivity index (χ0) is 11.5. The van der Waals surface area contributed by atoms with Crippen LogP contribution in [0.5, 0.6) is 0 Å². The molecule has 0 radical (unpaired) electrons. The van der Waals surface area contributed by atoms with Gasteiger partial charge in [-0.25, -0.2) is 0 Å². The van der Waals surface area contributed by atoms with Gasteiger partial charge in [0.25, 0.3) is 0 Å². The molecule has 0 aliphatic heterocycles. The van der Waals surface area contributed by atoms with Crippen LogP contribution in [0.15, 0.2) is 28.7 Å². The van der Waals surface area contributed by atoms with Crippen LogP contribution in [0.1, 0.15) is 26.3 Å². The first-order valence-electron chi connectivity index (χ1n) is 4.61. The van der Waals surface area contributed by atoms with E-state index in [1.165, 1.54) is 0 Å². The largest absolute Gasteiger partial charge is 0.591 e. The average molecular weight is 335 g/mol. The molecule has 0 aliphatic rings. The van der Waals surface area contributed by atoms with Gasteiger partial charge in [-0.3, -0.25) is 0 Å². The third-order valence-electron chi connectivity index (χ3n) is 1.67. The van der Waals surface area contributed by atoms with Gasteiger partial charge in [-0.05, 0) is 61.1 Å². The van der Waals surface area contributed by atoms with Crippen LogP contribution < -0.4 is 0 Å². The van der Waals surface area contributed by atoms with Crippen molar-refractivity contribution in [2.24, 2.45) is 4.40 Å². The Balaban J connectivity index is 2.74. The highest BCUT2D eigenvalue weighted by atomic mass is 127. The molecule has 1 aromatic carbocycles. The van der Waals surface area contributed by atoms with Crippen molar-refractivity contribution in [2.75, 3.05) is 0 Å². The summed E-state index contributed by atoms with van der Waals surface area (Å²) in [5.41, 5.74) is 0.986. The van der Waals surface area contributed by atoms with Gasteiger partial charge in [0.15, 0.2) is 0 Å². The third kappa shape index (κ3) is 4.53. The third-order valence-corrected chi connectivity index (χ3v) is 3.69. The van der Waals surface area contributed by atoms with Gasteiger partial charge in [0.2, 0.25) is 0 Å². The van der Waals surface area contributed by atoms with Gasteiger partial charge in [0.1, 0.15) is 16.1 Å². The Kier molecular flexibility index (Phi) is 4.61. The molecule has 2 nitrogen and oxygen atoms in total. The van der Waals surface area contributed by atoms with E-state index in [-0.39, 0.29) is 4.75 Å². The fraction of sp³-hybridized carbons (Fsp3) is 0.364. The zero-order valence-electron chi connectivity index (χ0n) is 9.03. The van der Waals surface area contributed by atoms with E-state index in [0.717, 1.165) is 9.13 Å². The van der Waals surface area contributed by atoms with E-state index in [4.69, 9.17) is 0 Å². The van der Waals surface area contributed by atoms with Gasteiger partial charge in [0, 0.05) is 3.57 Å². The van der Waals surface area contributed by atoms with Crippen LogP contribution in [0.25, 0.3) is 0 Å².